The number of carboxylic acid groups (broad SMARTS) is 1. The van der Waals surface area contributed by atoms with E-state index >= 15 is 0 Å². The predicted molar refractivity (Wildman–Crippen MR) is 377 cm³/mol. The molecule has 1 aliphatic rings. The van der Waals surface area contributed by atoms with Gasteiger partial charge in [-0.25, -0.2) is 26.5 Å². The third-order valence-electron chi connectivity index (χ3n) is 14.9. The summed E-state index contributed by atoms with van der Waals surface area (Å²) >= 11 is 0. The van der Waals surface area contributed by atoms with Gasteiger partial charge in [-0.05, 0) is 135 Å². The van der Waals surface area contributed by atoms with E-state index in [1.165, 1.54) is 36.4 Å². The van der Waals surface area contributed by atoms with E-state index in [-0.39, 0.29) is 92.5 Å². The number of esters is 3. The molecule has 0 saturated carbocycles. The number of anilines is 1. The number of aryl methyl sites for hydroxylation is 1. The number of aliphatic carboxylic acids is 1. The molecule has 3 aromatic carbocycles. The Kier molecular flexibility index (Phi) is 33.4. The van der Waals surface area contributed by atoms with E-state index in [0.29, 0.717) is 134 Å². The number of carbonyl (C=O) groups is 6. The van der Waals surface area contributed by atoms with E-state index in [9.17, 15) is 50.7 Å². The lowest BCUT2D eigenvalue weighted by Gasteiger charge is -2.34. The number of hydrogen-bond acceptors (Lipinski definition) is 23. The first-order valence-electron chi connectivity index (χ1n) is 33.3. The van der Waals surface area contributed by atoms with Crippen LogP contribution in [0.3, 0.4) is 0 Å². The van der Waals surface area contributed by atoms with Gasteiger partial charge in [0.25, 0.3) is 5.91 Å². The van der Waals surface area contributed by atoms with E-state index < -0.39 is 61.3 Å². The van der Waals surface area contributed by atoms with Gasteiger partial charge in [0, 0.05) is 122 Å². The van der Waals surface area contributed by atoms with Gasteiger partial charge in [0.1, 0.15) is 22.8 Å². The van der Waals surface area contributed by atoms with Crippen LogP contribution in [0.25, 0.3) is 22.0 Å². The van der Waals surface area contributed by atoms with Crippen molar-refractivity contribution in [2.45, 2.75) is 128 Å². The van der Waals surface area contributed by atoms with Crippen molar-refractivity contribution in [2.75, 3.05) is 150 Å². The molecule has 6 rings (SSSR count). The molecule has 0 bridgehead atoms. The first-order chi connectivity index (χ1) is 46.8. The summed E-state index contributed by atoms with van der Waals surface area (Å²) in [6.45, 7) is 22.9. The summed E-state index contributed by atoms with van der Waals surface area (Å²) in [5, 5.41) is 23.7. The van der Waals surface area contributed by atoms with Gasteiger partial charge in [0.2, 0.25) is 26.0 Å². The molecule has 7 N–H and O–H groups in total. The van der Waals surface area contributed by atoms with Crippen molar-refractivity contribution in [3.63, 3.8) is 0 Å². The number of benzene rings is 3. The molecule has 1 fully saturated rings. The smallest absolute Gasteiger partial charge is 0.323 e. The lowest BCUT2D eigenvalue weighted by atomic mass is 10.1. The van der Waals surface area contributed by atoms with Crippen LogP contribution in [0.5, 0.6) is 0 Å². The molecule has 2 aromatic heterocycles. The van der Waals surface area contributed by atoms with Gasteiger partial charge in [-0.15, -0.1) is 0 Å². The number of amides is 2. The quantitative estimate of drug-likeness (QED) is 0.0166. The molecule has 0 radical (unpaired) electrons. The number of fused-ring (bicyclic) bond motifs is 1. The highest BCUT2D eigenvalue weighted by Gasteiger charge is 2.29. The number of carboxylic acids is 1. The van der Waals surface area contributed by atoms with Gasteiger partial charge < -0.3 is 54.5 Å². The Balaban J connectivity index is 0.0000180. The summed E-state index contributed by atoms with van der Waals surface area (Å²) in [4.78, 5) is 92.6. The van der Waals surface area contributed by atoms with Crippen LogP contribution >= 0.6 is 0 Å². The first-order valence-corrected chi connectivity index (χ1v) is 36.2. The van der Waals surface area contributed by atoms with E-state index in [2.05, 4.69) is 40.5 Å². The fourth-order valence-electron chi connectivity index (χ4n) is 10.1. The van der Waals surface area contributed by atoms with Gasteiger partial charge in [-0.1, -0.05) is 31.7 Å². The highest BCUT2D eigenvalue weighted by atomic mass is 32.2. The maximum atomic E-state index is 13.4. The van der Waals surface area contributed by atoms with Crippen molar-refractivity contribution < 1.29 is 79.1 Å². The van der Waals surface area contributed by atoms with Crippen LogP contribution in [0.2, 0.25) is 0 Å². The zero-order chi connectivity index (χ0) is 72.2. The number of aromatic amines is 1. The fourth-order valence-corrected chi connectivity index (χ4v) is 12.4. The largest absolute Gasteiger partial charge is 0.480 e. The minimum Gasteiger partial charge on any atom is -0.480 e. The van der Waals surface area contributed by atoms with Gasteiger partial charge in [0.05, 0.1) is 74.1 Å². The Hall–Kier alpha value is -7.50. The molecular formula is C68H105N13O17S2. The van der Waals surface area contributed by atoms with Gasteiger partial charge in [0.15, 0.2) is 5.95 Å². The molecule has 2 amide bonds. The minimum atomic E-state index is -4.38. The Morgan fingerprint density at radius 2 is 1.03 bits per heavy atom. The normalized spacial score (nSPS) is 14.8. The van der Waals surface area contributed by atoms with Crippen molar-refractivity contribution in [3.8, 4) is 11.1 Å². The second kappa shape index (κ2) is 40.2. The second-order valence-electron chi connectivity index (χ2n) is 26.8. The number of sulfonamides is 2. The van der Waals surface area contributed by atoms with Crippen LogP contribution in [0.15, 0.2) is 95.1 Å². The highest BCUT2D eigenvalue weighted by Crippen LogP contribution is 2.24. The number of aromatic nitrogens is 4. The number of nitrogens with zero attached hydrogens (tertiary/aromatic N) is 7. The van der Waals surface area contributed by atoms with Gasteiger partial charge in [-0.3, -0.25) is 53.0 Å². The molecule has 0 spiro atoms. The molecule has 1 saturated heterocycles. The molecule has 1 aliphatic heterocycles. The van der Waals surface area contributed by atoms with Crippen LogP contribution in [-0.2, 0) is 79.0 Å². The molecule has 556 valence electrons. The van der Waals surface area contributed by atoms with E-state index in [0.717, 1.165) is 11.9 Å². The number of imidazole rings is 1. The predicted octanol–water partition coefficient (Wildman–Crippen LogP) is 4.20. The SMILES string of the molecule is C.CC(C)(C)OC(=O)CN1CCN(CC(=O)NCCCOCCOCCOCCCNS(=O)(=O)c2ccc(-c3ccc(S(=O)(=O)NC(CNC(=O)c4ccc5c(cnn5CCCNc5ncc[nH]5)c4)C(=O)O)cc3)cc2)CCN(CC(=O)OC(C)(C)C)CCN(CC(=O)OC(C)(C)C)CC1. The lowest BCUT2D eigenvalue weighted by molar-refractivity contribution is -0.158. The Morgan fingerprint density at radius 3 is 1.49 bits per heavy atom. The van der Waals surface area contributed by atoms with E-state index in [4.69, 9.17) is 28.4 Å². The Bertz CT molecular complexity index is 3550. The van der Waals surface area contributed by atoms with Crippen LogP contribution in [0.1, 0.15) is 99.4 Å². The molecular weight excluding hydrogens is 1330 g/mol. The molecule has 3 heterocycles. The van der Waals surface area contributed by atoms with Crippen LogP contribution in [0, 0.1) is 0 Å². The zero-order valence-corrected chi connectivity index (χ0v) is 60.1. The second-order valence-corrected chi connectivity index (χ2v) is 30.3. The fraction of sp³-hybridized carbons (Fsp3) is 0.588. The topological polar surface area (TPSA) is 366 Å². The Morgan fingerprint density at radius 1 is 0.570 bits per heavy atom. The van der Waals surface area contributed by atoms with E-state index in [1.807, 2.05) is 86.6 Å². The third-order valence-corrected chi connectivity index (χ3v) is 17.8. The molecule has 1 atom stereocenters. The lowest BCUT2D eigenvalue weighted by Crippen LogP contribution is -2.50. The molecule has 1 unspecified atom stereocenters. The molecule has 0 aliphatic carbocycles. The standard InChI is InChI=1S/C67H101N13O17S2.CH4/c1-65(2,3)95-59(82)47-77-31-29-76(30-32-78(48-60(83)96-66(4,5)6)34-36-79(35-33-77)49-61(84)97-67(7,8)9)46-58(81)68-24-11-37-92-39-41-94-42-40-93-38-12-25-74-98(88,89)54-18-13-50(14-19-54)51-15-20-55(21-16-51)99(90,91)75-56(63(86)87)45-72-62(85)52-17-22-57-53(43-52)44-73-80(57)28-10-23-69-64-70-26-27-71-64;/h13-22,26-27,43-44,56,74-75H,10-12,23-25,28-42,45-49H2,1-9H3,(H,68,81)(H,72,85)(H,86,87)(H2,69,70,71);1H4. The number of ether oxygens (including phenoxy) is 6. The average molecular weight is 1440 g/mol. The first kappa shape index (κ1) is 83.2. The molecule has 5 aromatic rings. The molecule has 100 heavy (non-hydrogen) atoms. The van der Waals surface area contributed by atoms with Crippen molar-refractivity contribution in [1.82, 2.24) is 59.4 Å². The summed E-state index contributed by atoms with van der Waals surface area (Å²) in [6.07, 6.45) is 6.70. The monoisotopic (exact) mass is 1440 g/mol. The summed E-state index contributed by atoms with van der Waals surface area (Å²) in [5.74, 6) is -2.77. The average Bonchev–Trinajstić information content (AvgIpc) is 1.56. The maximum Gasteiger partial charge on any atom is 0.323 e. The summed E-state index contributed by atoms with van der Waals surface area (Å²) in [6, 6.07) is 14.9. The number of nitrogens with one attached hydrogen (secondary N) is 6. The van der Waals surface area contributed by atoms with Crippen LogP contribution in [0.4, 0.5) is 5.95 Å². The van der Waals surface area contributed by atoms with Crippen molar-refractivity contribution in [2.24, 2.45) is 0 Å². The number of carbonyl (C=O) groups excluding carboxylic acids is 5. The van der Waals surface area contributed by atoms with Gasteiger partial charge >= 0.3 is 23.9 Å². The van der Waals surface area contributed by atoms with Crippen LogP contribution < -0.4 is 25.4 Å². The maximum absolute atomic E-state index is 13.4. The number of rotatable bonds is 37. The van der Waals surface area contributed by atoms with Gasteiger partial charge in [-0.2, -0.15) is 9.82 Å². The molecule has 30 nitrogen and oxygen atoms in total. The summed E-state index contributed by atoms with van der Waals surface area (Å²) in [5.41, 5.74) is 0.157. The highest BCUT2D eigenvalue weighted by molar-refractivity contribution is 7.89. The van der Waals surface area contributed by atoms with E-state index in [1.54, 1.807) is 48.9 Å². The zero-order valence-electron chi connectivity index (χ0n) is 58.5. The molecule has 32 heteroatoms. The number of H-pyrrole nitrogens is 1. The number of hydrogen-bond donors (Lipinski definition) is 7. The van der Waals surface area contributed by atoms with Crippen molar-refractivity contribution in [1.29, 1.82) is 0 Å². The van der Waals surface area contributed by atoms with Crippen LogP contribution in [-0.4, -0.2) is 264 Å². The Labute approximate surface area is 588 Å². The minimum absolute atomic E-state index is 0. The van der Waals surface area contributed by atoms with Crippen molar-refractivity contribution >= 4 is 72.6 Å². The summed E-state index contributed by atoms with van der Waals surface area (Å²) < 4.78 is 93.4. The summed E-state index contributed by atoms with van der Waals surface area (Å²) in [7, 11) is -8.26. The van der Waals surface area contributed by atoms with Crippen molar-refractivity contribution in [3.05, 3.63) is 90.9 Å². The third kappa shape index (κ3) is 31.2.